The zero-order valence-electron chi connectivity index (χ0n) is 18.0. The lowest BCUT2D eigenvalue weighted by Crippen LogP contribution is -2.35. The second kappa shape index (κ2) is 9.62. The van der Waals surface area contributed by atoms with Crippen molar-refractivity contribution in [2.75, 3.05) is 18.4 Å². The van der Waals surface area contributed by atoms with E-state index in [0.717, 1.165) is 30.4 Å². The summed E-state index contributed by atoms with van der Waals surface area (Å²) in [6.07, 6.45) is 3.32. The Kier molecular flexibility index (Phi) is 6.66. The van der Waals surface area contributed by atoms with Crippen molar-refractivity contribution in [1.29, 1.82) is 0 Å². The molecule has 1 fully saturated rings. The summed E-state index contributed by atoms with van der Waals surface area (Å²) in [5, 5.41) is 10.8. The predicted molar refractivity (Wildman–Crippen MR) is 120 cm³/mol. The molecule has 1 amide bonds. The Morgan fingerprint density at radius 2 is 1.69 bits per heavy atom. The molecule has 0 bridgehead atoms. The van der Waals surface area contributed by atoms with Crippen molar-refractivity contribution in [3.8, 4) is 11.5 Å². The number of carbonyl (C=O) groups excluding carboxylic acids is 1. The van der Waals surface area contributed by atoms with Crippen molar-refractivity contribution >= 4 is 21.6 Å². The van der Waals surface area contributed by atoms with Crippen molar-refractivity contribution in [2.24, 2.45) is 0 Å². The number of nitrogens with one attached hydrogen (secondary N) is 1. The molecule has 168 valence electrons. The Hall–Kier alpha value is -3.04. The van der Waals surface area contributed by atoms with Gasteiger partial charge in [-0.05, 0) is 56.2 Å². The van der Waals surface area contributed by atoms with Gasteiger partial charge in [0, 0.05) is 37.2 Å². The number of carbonyl (C=O) groups is 1. The molecule has 0 unspecified atom stereocenters. The second-order valence-corrected chi connectivity index (χ2v) is 9.84. The minimum absolute atomic E-state index is 0.170. The topological polar surface area (TPSA) is 105 Å². The van der Waals surface area contributed by atoms with Crippen LogP contribution in [0.3, 0.4) is 0 Å². The third kappa shape index (κ3) is 5.23. The van der Waals surface area contributed by atoms with Crippen LogP contribution in [-0.4, -0.2) is 41.9 Å². The Morgan fingerprint density at radius 1 is 1.00 bits per heavy atom. The highest BCUT2D eigenvalue weighted by atomic mass is 32.2. The highest BCUT2D eigenvalue weighted by Gasteiger charge is 2.25. The van der Waals surface area contributed by atoms with Gasteiger partial charge in [-0.15, -0.1) is 10.2 Å². The van der Waals surface area contributed by atoms with Crippen molar-refractivity contribution in [3.05, 3.63) is 60.0 Å². The molecule has 0 atom stereocenters. The first-order valence-corrected chi connectivity index (χ1v) is 12.2. The molecule has 1 aliphatic rings. The lowest BCUT2D eigenvalue weighted by Gasteiger charge is -2.25. The van der Waals surface area contributed by atoms with Gasteiger partial charge >= 0.3 is 0 Å². The number of aromatic nitrogens is 2. The van der Waals surface area contributed by atoms with Gasteiger partial charge in [-0.3, -0.25) is 4.79 Å². The maximum atomic E-state index is 12.7. The Bertz CT molecular complexity index is 1170. The number of rotatable bonds is 7. The highest BCUT2D eigenvalue weighted by Crippen LogP contribution is 2.22. The number of amides is 1. The number of benzene rings is 2. The zero-order chi connectivity index (χ0) is 22.6. The second-order valence-electron chi connectivity index (χ2n) is 7.90. The van der Waals surface area contributed by atoms with Crippen molar-refractivity contribution < 1.29 is 17.6 Å². The molecule has 0 aliphatic carbocycles. The van der Waals surface area contributed by atoms with Crippen LogP contribution in [0.1, 0.15) is 37.1 Å². The summed E-state index contributed by atoms with van der Waals surface area (Å²) in [5.41, 5.74) is 2.51. The first kappa shape index (κ1) is 22.2. The number of anilines is 1. The minimum Gasteiger partial charge on any atom is -0.421 e. The van der Waals surface area contributed by atoms with E-state index in [2.05, 4.69) is 15.5 Å². The van der Waals surface area contributed by atoms with Crippen LogP contribution < -0.4 is 5.32 Å². The monoisotopic (exact) mass is 454 g/mol. The van der Waals surface area contributed by atoms with Crippen LogP contribution in [0.4, 0.5) is 5.69 Å². The third-order valence-electron chi connectivity index (χ3n) is 5.42. The molecule has 1 N–H and O–H groups in total. The molecule has 0 radical (unpaired) electrons. The molecule has 1 saturated heterocycles. The molecule has 32 heavy (non-hydrogen) atoms. The summed E-state index contributed by atoms with van der Waals surface area (Å²) in [6.45, 7) is 3.12. The number of aryl methyl sites for hydroxylation is 2. The fourth-order valence-corrected chi connectivity index (χ4v) is 5.09. The number of hydrogen-bond acceptors (Lipinski definition) is 6. The van der Waals surface area contributed by atoms with Crippen LogP contribution in [0.15, 0.2) is 57.8 Å². The molecule has 3 aromatic rings. The average molecular weight is 455 g/mol. The van der Waals surface area contributed by atoms with Gasteiger partial charge in [0.25, 0.3) is 0 Å². The standard InChI is InChI=1S/C23H26N4O4S/c1-17-5-7-18(8-6-17)23-26-25-22(31-23)14-13-21(28)24-19-9-11-20(12-10-19)32(29,30)27-15-3-2-4-16-27/h5-12H,2-4,13-16H2,1H3,(H,24,28). The van der Waals surface area contributed by atoms with Crippen molar-refractivity contribution in [3.63, 3.8) is 0 Å². The van der Waals surface area contributed by atoms with E-state index in [-0.39, 0.29) is 17.2 Å². The molecule has 0 spiro atoms. The SMILES string of the molecule is Cc1ccc(-c2nnc(CCC(=O)Nc3ccc(S(=O)(=O)N4CCCCC4)cc3)o2)cc1. The highest BCUT2D eigenvalue weighted by molar-refractivity contribution is 7.89. The first-order chi connectivity index (χ1) is 15.4. The molecule has 1 aromatic heterocycles. The average Bonchev–Trinajstić information content (AvgIpc) is 3.28. The summed E-state index contributed by atoms with van der Waals surface area (Å²) in [6, 6.07) is 14.0. The van der Waals surface area contributed by atoms with Gasteiger partial charge in [0.05, 0.1) is 4.90 Å². The molecule has 9 heteroatoms. The number of hydrogen-bond donors (Lipinski definition) is 1. The molecule has 1 aliphatic heterocycles. The Morgan fingerprint density at radius 3 is 2.38 bits per heavy atom. The largest absolute Gasteiger partial charge is 0.421 e. The van der Waals surface area contributed by atoms with E-state index in [1.54, 1.807) is 12.1 Å². The van der Waals surface area contributed by atoms with E-state index >= 15 is 0 Å². The Balaban J connectivity index is 1.31. The summed E-state index contributed by atoms with van der Waals surface area (Å²) < 4.78 is 32.6. The van der Waals surface area contributed by atoms with Crippen molar-refractivity contribution in [1.82, 2.24) is 14.5 Å². The molecule has 4 rings (SSSR count). The van der Waals surface area contributed by atoms with E-state index in [0.29, 0.717) is 37.0 Å². The number of sulfonamides is 1. The maximum absolute atomic E-state index is 12.7. The van der Waals surface area contributed by atoms with Crippen molar-refractivity contribution in [2.45, 2.75) is 43.9 Å². The van der Waals surface area contributed by atoms with E-state index in [4.69, 9.17) is 4.42 Å². The lowest BCUT2D eigenvalue weighted by atomic mass is 10.1. The molecule has 2 aromatic carbocycles. The van der Waals surface area contributed by atoms with Gasteiger partial charge in [0.15, 0.2) is 0 Å². The predicted octanol–water partition coefficient (Wildman–Crippen LogP) is 3.79. The molecule has 0 saturated carbocycles. The first-order valence-electron chi connectivity index (χ1n) is 10.7. The molecular weight excluding hydrogens is 428 g/mol. The maximum Gasteiger partial charge on any atom is 0.247 e. The van der Waals surface area contributed by atoms with Crippen LogP contribution in [0.25, 0.3) is 11.5 Å². The van der Waals surface area contributed by atoms with E-state index in [1.165, 1.54) is 16.4 Å². The quantitative estimate of drug-likeness (QED) is 0.582. The van der Waals surface area contributed by atoms with Gasteiger partial charge < -0.3 is 9.73 Å². The van der Waals surface area contributed by atoms with Gasteiger partial charge in [-0.2, -0.15) is 4.31 Å². The molecular formula is C23H26N4O4S. The summed E-state index contributed by atoms with van der Waals surface area (Å²) in [5.74, 6) is 0.594. The fourth-order valence-electron chi connectivity index (χ4n) is 3.58. The minimum atomic E-state index is -3.48. The molecule has 8 nitrogen and oxygen atoms in total. The number of piperidine rings is 1. The van der Waals surface area contributed by atoms with Crippen LogP contribution >= 0.6 is 0 Å². The number of nitrogens with zero attached hydrogens (tertiary/aromatic N) is 3. The third-order valence-corrected chi connectivity index (χ3v) is 7.34. The van der Waals surface area contributed by atoms with Gasteiger partial charge in [0.1, 0.15) is 0 Å². The summed E-state index contributed by atoms with van der Waals surface area (Å²) in [4.78, 5) is 12.5. The fraction of sp³-hybridized carbons (Fsp3) is 0.348. The van der Waals surface area contributed by atoms with Gasteiger partial charge in [-0.25, -0.2) is 8.42 Å². The van der Waals surface area contributed by atoms with E-state index in [9.17, 15) is 13.2 Å². The smallest absolute Gasteiger partial charge is 0.247 e. The van der Waals surface area contributed by atoms with Gasteiger partial charge in [-0.1, -0.05) is 24.1 Å². The lowest BCUT2D eigenvalue weighted by molar-refractivity contribution is -0.116. The zero-order valence-corrected chi connectivity index (χ0v) is 18.8. The van der Waals surface area contributed by atoms with E-state index in [1.807, 2.05) is 31.2 Å². The van der Waals surface area contributed by atoms with Crippen LogP contribution in [0.2, 0.25) is 0 Å². The summed E-state index contributed by atoms with van der Waals surface area (Å²) >= 11 is 0. The Labute approximate surface area is 187 Å². The van der Waals surface area contributed by atoms with E-state index < -0.39 is 10.0 Å². The molecule has 2 heterocycles. The summed E-state index contributed by atoms with van der Waals surface area (Å²) in [7, 11) is -3.48. The van der Waals surface area contributed by atoms with Crippen LogP contribution in [0.5, 0.6) is 0 Å². The van der Waals surface area contributed by atoms with Crippen LogP contribution in [-0.2, 0) is 21.2 Å². The van der Waals surface area contributed by atoms with Crippen LogP contribution in [0, 0.1) is 6.92 Å². The normalized spacial score (nSPS) is 14.9. The van der Waals surface area contributed by atoms with Gasteiger partial charge in [0.2, 0.25) is 27.7 Å².